The summed E-state index contributed by atoms with van der Waals surface area (Å²) in [5, 5.41) is 0.580. The minimum Gasteiger partial charge on any atom is -0.493 e. The van der Waals surface area contributed by atoms with Gasteiger partial charge in [0.25, 0.3) is 5.56 Å². The third-order valence-electron chi connectivity index (χ3n) is 6.15. The number of rotatable bonds is 4. The van der Waals surface area contributed by atoms with Crippen molar-refractivity contribution >= 4 is 16.6 Å². The van der Waals surface area contributed by atoms with Gasteiger partial charge in [0.05, 0.1) is 31.2 Å². The Balaban J connectivity index is 1.75. The third-order valence-corrected chi connectivity index (χ3v) is 6.15. The fourth-order valence-electron chi connectivity index (χ4n) is 4.38. The molecule has 168 valence electrons. The second-order valence-electron chi connectivity index (χ2n) is 8.32. The summed E-state index contributed by atoms with van der Waals surface area (Å²) >= 11 is 0. The van der Waals surface area contributed by atoms with E-state index in [1.54, 1.807) is 18.9 Å². The van der Waals surface area contributed by atoms with Crippen LogP contribution in [0.15, 0.2) is 65.5 Å². The van der Waals surface area contributed by atoms with E-state index in [1.807, 2.05) is 50.5 Å². The maximum Gasteiger partial charge on any atom is 0.279 e. The summed E-state index contributed by atoms with van der Waals surface area (Å²) in [5.41, 5.74) is 8.20. The summed E-state index contributed by atoms with van der Waals surface area (Å²) in [4.78, 5) is 20.3. The highest BCUT2D eigenvalue weighted by molar-refractivity contribution is 5.77. The first kappa shape index (κ1) is 20.9. The van der Waals surface area contributed by atoms with Crippen LogP contribution in [0, 0.1) is 0 Å². The fraction of sp³-hybridized carbons (Fsp3) is 0.231. The lowest BCUT2D eigenvalue weighted by Gasteiger charge is -2.23. The van der Waals surface area contributed by atoms with Crippen LogP contribution < -0.4 is 25.4 Å². The molecule has 2 heterocycles. The molecule has 1 N–H and O–H groups in total. The Morgan fingerprint density at radius 1 is 1.00 bits per heavy atom. The van der Waals surface area contributed by atoms with Crippen molar-refractivity contribution in [3.8, 4) is 11.5 Å². The normalized spacial score (nSPS) is 14.6. The fourth-order valence-corrected chi connectivity index (χ4v) is 4.38. The van der Waals surface area contributed by atoms with Crippen LogP contribution in [-0.4, -0.2) is 38.0 Å². The largest absolute Gasteiger partial charge is 0.493 e. The molecule has 0 amide bonds. The third kappa shape index (κ3) is 3.55. The lowest BCUT2D eigenvalue weighted by atomic mass is 9.93. The molecule has 0 saturated heterocycles. The van der Waals surface area contributed by atoms with Crippen molar-refractivity contribution in [2.75, 3.05) is 38.6 Å². The van der Waals surface area contributed by atoms with Gasteiger partial charge >= 0.3 is 0 Å². The summed E-state index contributed by atoms with van der Waals surface area (Å²) in [6.45, 7) is 0. The highest BCUT2D eigenvalue weighted by Gasteiger charge is 2.27. The minimum atomic E-state index is -0.280. The van der Waals surface area contributed by atoms with Gasteiger partial charge in [-0.1, -0.05) is 24.3 Å². The smallest absolute Gasteiger partial charge is 0.279 e. The van der Waals surface area contributed by atoms with Crippen LogP contribution in [0.1, 0.15) is 28.6 Å². The second kappa shape index (κ2) is 8.16. The van der Waals surface area contributed by atoms with E-state index < -0.39 is 0 Å². The molecule has 3 aromatic carbocycles. The number of hydrogen-bond acceptors (Lipinski definition) is 6. The molecule has 1 aromatic heterocycles. The highest BCUT2D eigenvalue weighted by atomic mass is 16.5. The Morgan fingerprint density at radius 3 is 2.39 bits per heavy atom. The zero-order valence-corrected chi connectivity index (χ0v) is 19.1. The van der Waals surface area contributed by atoms with E-state index in [0.29, 0.717) is 34.6 Å². The molecule has 5 rings (SSSR count). The topological polar surface area (TPSA) is 68.6 Å². The molecule has 33 heavy (non-hydrogen) atoms. The number of benzene rings is 3. The molecule has 0 fully saturated rings. The van der Waals surface area contributed by atoms with Crippen molar-refractivity contribution in [3.05, 3.63) is 93.5 Å². The molecular weight excluding hydrogens is 416 g/mol. The average molecular weight is 443 g/mol. The van der Waals surface area contributed by atoms with Gasteiger partial charge in [0.15, 0.2) is 11.5 Å². The predicted molar refractivity (Wildman–Crippen MR) is 130 cm³/mol. The van der Waals surface area contributed by atoms with Gasteiger partial charge in [-0.05, 0) is 53.1 Å². The number of nitrogens with zero attached hydrogens (tertiary/aromatic N) is 3. The van der Waals surface area contributed by atoms with Crippen LogP contribution in [0.5, 0.6) is 11.5 Å². The molecule has 0 aliphatic carbocycles. The van der Waals surface area contributed by atoms with E-state index in [0.717, 1.165) is 22.4 Å². The number of hydrogen-bond donors (Lipinski definition) is 1. The van der Waals surface area contributed by atoms with Crippen molar-refractivity contribution in [3.63, 3.8) is 0 Å². The van der Waals surface area contributed by atoms with Crippen molar-refractivity contribution < 1.29 is 9.47 Å². The number of anilines is 1. The van der Waals surface area contributed by atoms with Crippen molar-refractivity contribution in [1.82, 2.24) is 9.66 Å². The van der Waals surface area contributed by atoms with Crippen LogP contribution in [0.4, 0.5) is 5.69 Å². The first-order valence-electron chi connectivity index (χ1n) is 10.8. The van der Waals surface area contributed by atoms with Crippen LogP contribution >= 0.6 is 0 Å². The Bertz CT molecular complexity index is 1390. The van der Waals surface area contributed by atoms with Crippen LogP contribution in [-0.2, 0) is 6.42 Å². The Morgan fingerprint density at radius 2 is 1.70 bits per heavy atom. The molecule has 4 aromatic rings. The SMILES string of the molecule is COc1cc2c(cc1OC)C(c1ccc(N(C)C)cc1)Nn1c(nc3ccccc3c1=O)C2. The van der Waals surface area contributed by atoms with Gasteiger partial charge in [0.1, 0.15) is 5.82 Å². The van der Waals surface area contributed by atoms with Gasteiger partial charge in [-0.2, -0.15) is 0 Å². The van der Waals surface area contributed by atoms with E-state index in [-0.39, 0.29) is 11.6 Å². The molecule has 7 nitrogen and oxygen atoms in total. The first-order valence-corrected chi connectivity index (χ1v) is 10.8. The summed E-state index contributed by atoms with van der Waals surface area (Å²) in [7, 11) is 7.28. The van der Waals surface area contributed by atoms with Gasteiger partial charge in [-0.25, -0.2) is 9.66 Å². The number of nitrogens with one attached hydrogen (secondary N) is 1. The Kier molecular flexibility index (Phi) is 5.17. The van der Waals surface area contributed by atoms with Gasteiger partial charge in [-0.15, -0.1) is 0 Å². The van der Waals surface area contributed by atoms with Gasteiger partial charge in [0, 0.05) is 26.2 Å². The maximum atomic E-state index is 13.4. The predicted octanol–water partition coefficient (Wildman–Crippen LogP) is 3.72. The lowest BCUT2D eigenvalue weighted by Crippen LogP contribution is -2.34. The molecule has 0 bridgehead atoms. The van der Waals surface area contributed by atoms with E-state index in [9.17, 15) is 4.79 Å². The number of fused-ring (bicyclic) bond motifs is 3. The monoisotopic (exact) mass is 442 g/mol. The minimum absolute atomic E-state index is 0.114. The number of para-hydroxylation sites is 1. The molecule has 0 spiro atoms. The van der Waals surface area contributed by atoms with Crippen LogP contribution in [0.3, 0.4) is 0 Å². The highest BCUT2D eigenvalue weighted by Crippen LogP contribution is 2.38. The number of methoxy groups -OCH3 is 2. The molecule has 1 aliphatic heterocycles. The average Bonchev–Trinajstić information content (AvgIpc) is 2.99. The molecule has 1 unspecified atom stereocenters. The summed E-state index contributed by atoms with van der Waals surface area (Å²) in [5.74, 6) is 1.94. The van der Waals surface area contributed by atoms with Crippen LogP contribution in [0.2, 0.25) is 0 Å². The van der Waals surface area contributed by atoms with Crippen molar-refractivity contribution in [2.45, 2.75) is 12.5 Å². The summed E-state index contributed by atoms with van der Waals surface area (Å²) in [6, 6.07) is 19.4. The number of ether oxygens (including phenoxy) is 2. The standard InChI is InChI=1S/C26H26N4O3/c1-29(2)18-11-9-16(10-12-18)25-20-15-23(33-4)22(32-3)13-17(20)14-24-27-21-8-6-5-7-19(21)26(31)30(24)28-25/h5-13,15,25,28H,14H2,1-4H3. The zero-order chi connectivity index (χ0) is 23.1. The zero-order valence-electron chi connectivity index (χ0n) is 19.1. The van der Waals surface area contributed by atoms with Gasteiger partial charge in [0.2, 0.25) is 0 Å². The number of aromatic nitrogens is 2. The van der Waals surface area contributed by atoms with Crippen molar-refractivity contribution in [1.29, 1.82) is 0 Å². The molecular formula is C26H26N4O3. The van der Waals surface area contributed by atoms with Crippen LogP contribution in [0.25, 0.3) is 10.9 Å². The quantitative estimate of drug-likeness (QED) is 0.520. The van der Waals surface area contributed by atoms with E-state index >= 15 is 0 Å². The molecule has 1 atom stereocenters. The van der Waals surface area contributed by atoms with E-state index in [1.165, 1.54) is 0 Å². The first-order chi connectivity index (χ1) is 16.0. The van der Waals surface area contributed by atoms with Gasteiger partial charge < -0.3 is 19.8 Å². The van der Waals surface area contributed by atoms with E-state index in [2.05, 4.69) is 34.6 Å². The summed E-state index contributed by atoms with van der Waals surface area (Å²) in [6.07, 6.45) is 0.481. The molecule has 7 heteroatoms. The Labute approximate surface area is 192 Å². The summed E-state index contributed by atoms with van der Waals surface area (Å²) < 4.78 is 12.8. The maximum absolute atomic E-state index is 13.4. The lowest BCUT2D eigenvalue weighted by molar-refractivity contribution is 0.354. The second-order valence-corrected chi connectivity index (χ2v) is 8.32. The molecule has 0 saturated carbocycles. The van der Waals surface area contributed by atoms with Gasteiger partial charge in [-0.3, -0.25) is 4.79 Å². The van der Waals surface area contributed by atoms with Crippen molar-refractivity contribution in [2.24, 2.45) is 0 Å². The molecule has 0 radical (unpaired) electrons. The van der Waals surface area contributed by atoms with E-state index in [4.69, 9.17) is 14.5 Å². The Hall–Kier alpha value is -4.00. The molecule has 1 aliphatic rings.